The number of nitrogens with two attached hydrogens (primary N) is 1. The molecule has 0 aromatic heterocycles. The Bertz CT molecular complexity index is 747. The van der Waals surface area contributed by atoms with Crippen molar-refractivity contribution in [3.63, 3.8) is 0 Å². The minimum Gasteiger partial charge on any atom is -0.370 e. The van der Waals surface area contributed by atoms with Crippen molar-refractivity contribution in [1.82, 2.24) is 9.80 Å². The summed E-state index contributed by atoms with van der Waals surface area (Å²) in [6.45, 7) is 11.5. The van der Waals surface area contributed by atoms with Gasteiger partial charge in [0.2, 0.25) is 11.8 Å². The van der Waals surface area contributed by atoms with Crippen LogP contribution in [0.15, 0.2) is 23.2 Å². The van der Waals surface area contributed by atoms with E-state index >= 15 is 0 Å². The van der Waals surface area contributed by atoms with Gasteiger partial charge in [-0.1, -0.05) is 26.3 Å². The Balaban J connectivity index is 1.59. The van der Waals surface area contributed by atoms with E-state index in [1.165, 1.54) is 11.1 Å². The Morgan fingerprint density at radius 2 is 1.55 bits per heavy atom. The van der Waals surface area contributed by atoms with Crippen molar-refractivity contribution in [1.29, 1.82) is 0 Å². The van der Waals surface area contributed by atoms with Gasteiger partial charge in [0.05, 0.1) is 0 Å². The summed E-state index contributed by atoms with van der Waals surface area (Å²) in [5.41, 5.74) is 9.30. The molecule has 1 heterocycles. The van der Waals surface area contributed by atoms with Crippen LogP contribution in [0.2, 0.25) is 0 Å². The number of guanidine groups is 1. The average Bonchev–Trinajstić information content (AvgIpc) is 2.69. The summed E-state index contributed by atoms with van der Waals surface area (Å²) in [5.74, 6) is 1.18. The zero-order chi connectivity index (χ0) is 22.8. The van der Waals surface area contributed by atoms with Gasteiger partial charge in [0, 0.05) is 51.3 Å². The molecule has 1 aromatic rings. The molecule has 0 saturated carbocycles. The topological polar surface area (TPSA) is 91.0 Å². The van der Waals surface area contributed by atoms with Crippen LogP contribution in [0.4, 0.5) is 5.69 Å². The van der Waals surface area contributed by atoms with Gasteiger partial charge in [-0.3, -0.25) is 14.6 Å². The summed E-state index contributed by atoms with van der Waals surface area (Å²) in [5, 5.41) is 3.14. The number of unbranched alkanes of at least 4 members (excludes halogenated alkanes) is 2. The van der Waals surface area contributed by atoms with E-state index < -0.39 is 0 Å². The first kappa shape index (κ1) is 24.7. The monoisotopic (exact) mass is 429 g/mol. The lowest BCUT2D eigenvalue weighted by Crippen LogP contribution is -2.50. The predicted molar refractivity (Wildman–Crippen MR) is 127 cm³/mol. The highest BCUT2D eigenvalue weighted by molar-refractivity contribution is 5.92. The minimum atomic E-state index is 0.190. The zero-order valence-electron chi connectivity index (χ0n) is 19.6. The Morgan fingerprint density at radius 1 is 0.968 bits per heavy atom. The van der Waals surface area contributed by atoms with Gasteiger partial charge in [-0.2, -0.15) is 0 Å². The number of nitrogens with zero attached hydrogens (tertiary/aromatic N) is 3. The molecule has 0 radical (unpaired) electrons. The molecule has 2 rings (SSSR count). The van der Waals surface area contributed by atoms with E-state index in [9.17, 15) is 9.59 Å². The third-order valence-corrected chi connectivity index (χ3v) is 5.39. The molecule has 1 aromatic carbocycles. The van der Waals surface area contributed by atoms with Gasteiger partial charge in [-0.15, -0.1) is 0 Å². The summed E-state index contributed by atoms with van der Waals surface area (Å²) in [6, 6.07) is 6.20. The van der Waals surface area contributed by atoms with Crippen molar-refractivity contribution in [3.05, 3.63) is 29.3 Å². The Kier molecular flexibility index (Phi) is 9.82. The summed E-state index contributed by atoms with van der Waals surface area (Å²) in [4.78, 5) is 32.7. The molecular weight excluding hydrogens is 390 g/mol. The van der Waals surface area contributed by atoms with E-state index in [2.05, 4.69) is 44.1 Å². The molecule has 0 atom stereocenters. The van der Waals surface area contributed by atoms with Gasteiger partial charge < -0.3 is 20.9 Å². The molecule has 0 unspecified atom stereocenters. The third-order valence-electron chi connectivity index (χ3n) is 5.39. The molecule has 3 N–H and O–H groups in total. The van der Waals surface area contributed by atoms with E-state index in [1.54, 1.807) is 0 Å². The zero-order valence-corrected chi connectivity index (χ0v) is 19.6. The lowest BCUT2D eigenvalue weighted by atomic mass is 10.1. The first-order chi connectivity index (χ1) is 14.7. The Labute approximate surface area is 187 Å². The summed E-state index contributed by atoms with van der Waals surface area (Å²) < 4.78 is 0. The third kappa shape index (κ3) is 8.99. The van der Waals surface area contributed by atoms with Gasteiger partial charge in [-0.05, 0) is 55.9 Å². The maximum atomic E-state index is 12.4. The quantitative estimate of drug-likeness (QED) is 0.358. The molecule has 2 amide bonds. The van der Waals surface area contributed by atoms with Crippen molar-refractivity contribution in [2.24, 2.45) is 16.6 Å². The molecule has 0 aliphatic carbocycles. The summed E-state index contributed by atoms with van der Waals surface area (Å²) in [6.07, 6.45) is 3.84. The predicted octanol–water partition coefficient (Wildman–Crippen LogP) is 3.31. The number of aryl methyl sites for hydroxylation is 2. The van der Waals surface area contributed by atoms with Crippen LogP contribution in [0.1, 0.15) is 57.1 Å². The number of piperazine rings is 1. The van der Waals surface area contributed by atoms with Crippen LogP contribution in [0.5, 0.6) is 0 Å². The van der Waals surface area contributed by atoms with E-state index in [0.29, 0.717) is 57.4 Å². The molecule has 31 heavy (non-hydrogen) atoms. The fraction of sp³-hybridized carbons (Fsp3) is 0.625. The smallest absolute Gasteiger partial charge is 0.222 e. The number of hydrogen-bond acceptors (Lipinski definition) is 3. The van der Waals surface area contributed by atoms with Crippen molar-refractivity contribution in [3.8, 4) is 0 Å². The maximum Gasteiger partial charge on any atom is 0.222 e. The highest BCUT2D eigenvalue weighted by atomic mass is 16.2. The van der Waals surface area contributed by atoms with Crippen molar-refractivity contribution in [2.45, 2.75) is 59.8 Å². The summed E-state index contributed by atoms with van der Waals surface area (Å²) >= 11 is 0. The first-order valence-electron chi connectivity index (χ1n) is 11.5. The first-order valence-corrected chi connectivity index (χ1v) is 11.5. The Hall–Kier alpha value is -2.57. The maximum absolute atomic E-state index is 12.4. The number of benzene rings is 1. The van der Waals surface area contributed by atoms with Crippen LogP contribution in [0.25, 0.3) is 0 Å². The average molecular weight is 430 g/mol. The number of aliphatic imine (C=N–C) groups is 1. The number of carbonyl (C=O) groups is 2. The van der Waals surface area contributed by atoms with Gasteiger partial charge in [0.1, 0.15) is 0 Å². The van der Waals surface area contributed by atoms with Gasteiger partial charge in [-0.25, -0.2) is 0 Å². The van der Waals surface area contributed by atoms with E-state index in [1.807, 2.05) is 21.9 Å². The number of rotatable bonds is 9. The fourth-order valence-electron chi connectivity index (χ4n) is 3.84. The molecule has 7 nitrogen and oxygen atoms in total. The van der Waals surface area contributed by atoms with Gasteiger partial charge in [0.25, 0.3) is 0 Å². The number of amides is 2. The van der Waals surface area contributed by atoms with Crippen molar-refractivity contribution < 1.29 is 9.59 Å². The highest BCUT2D eigenvalue weighted by Crippen LogP contribution is 2.14. The van der Waals surface area contributed by atoms with Crippen LogP contribution in [-0.4, -0.2) is 60.3 Å². The van der Waals surface area contributed by atoms with Crippen molar-refractivity contribution in [2.75, 3.05) is 38.0 Å². The van der Waals surface area contributed by atoms with Crippen LogP contribution in [0, 0.1) is 19.8 Å². The number of nitrogens with one attached hydrogen (secondary N) is 1. The molecule has 7 heteroatoms. The van der Waals surface area contributed by atoms with Crippen LogP contribution in [0.3, 0.4) is 0 Å². The van der Waals surface area contributed by atoms with Crippen LogP contribution >= 0.6 is 0 Å². The lowest BCUT2D eigenvalue weighted by molar-refractivity contribution is -0.140. The second-order valence-electron chi connectivity index (χ2n) is 8.94. The lowest BCUT2D eigenvalue weighted by Gasteiger charge is -2.35. The van der Waals surface area contributed by atoms with E-state index in [0.717, 1.165) is 24.9 Å². The molecule has 1 fully saturated rings. The number of anilines is 1. The fourth-order valence-corrected chi connectivity index (χ4v) is 3.84. The van der Waals surface area contributed by atoms with Crippen LogP contribution < -0.4 is 11.1 Å². The van der Waals surface area contributed by atoms with Crippen LogP contribution in [-0.2, 0) is 9.59 Å². The van der Waals surface area contributed by atoms with Gasteiger partial charge >= 0.3 is 0 Å². The largest absolute Gasteiger partial charge is 0.370 e. The Morgan fingerprint density at radius 3 is 2.13 bits per heavy atom. The molecule has 0 spiro atoms. The van der Waals surface area contributed by atoms with E-state index in [4.69, 9.17) is 5.73 Å². The molecule has 1 aliphatic rings. The molecule has 1 aliphatic heterocycles. The normalized spacial score (nSPS) is 14.8. The molecule has 172 valence electrons. The second-order valence-corrected chi connectivity index (χ2v) is 8.94. The number of hydrogen-bond donors (Lipinski definition) is 2. The molecule has 0 bridgehead atoms. The summed E-state index contributed by atoms with van der Waals surface area (Å²) in [7, 11) is 0. The SMILES string of the molecule is Cc1cc(C)cc(NC(N)=NCCCCCC(=O)N2CCN(C(=O)CC(C)C)CC2)c1. The van der Waals surface area contributed by atoms with E-state index in [-0.39, 0.29) is 11.8 Å². The highest BCUT2D eigenvalue weighted by Gasteiger charge is 2.23. The number of carbonyl (C=O) groups excluding carboxylic acids is 2. The standard InChI is InChI=1S/C24H39N5O2/c1-18(2)14-23(31)29-12-10-28(11-13-29)22(30)8-6-5-7-9-26-24(25)27-21-16-19(3)15-20(4)17-21/h15-18H,5-14H2,1-4H3,(H3,25,26,27). The van der Waals surface area contributed by atoms with Gasteiger partial charge in [0.15, 0.2) is 5.96 Å². The minimum absolute atomic E-state index is 0.190. The second kappa shape index (κ2) is 12.3. The molecule has 1 saturated heterocycles. The molecular formula is C24H39N5O2. The van der Waals surface area contributed by atoms with Crippen molar-refractivity contribution >= 4 is 23.5 Å².